The third kappa shape index (κ3) is 8.37. The topological polar surface area (TPSA) is 169 Å². The summed E-state index contributed by atoms with van der Waals surface area (Å²) >= 11 is 1.45. The zero-order valence-corrected chi connectivity index (χ0v) is 15.9. The van der Waals surface area contributed by atoms with E-state index < -0.39 is 18.0 Å². The zero-order chi connectivity index (χ0) is 18.3. The van der Waals surface area contributed by atoms with E-state index in [0.717, 1.165) is 25.0 Å². The Labute approximate surface area is 152 Å². The number of hydrogen-bond acceptors (Lipinski definition) is 6. The molecule has 25 heavy (non-hydrogen) atoms. The summed E-state index contributed by atoms with van der Waals surface area (Å²) in [6.45, 7) is 3.93. The minimum absolute atomic E-state index is 0. The number of nitrogens with one attached hydrogen (secondary N) is 1. The molecule has 1 fully saturated rings. The summed E-state index contributed by atoms with van der Waals surface area (Å²) in [5.74, 6) is -1.72. The molecule has 2 atom stereocenters. The van der Waals surface area contributed by atoms with E-state index in [1.54, 1.807) is 0 Å². The molecule has 2 unspecified atom stereocenters. The van der Waals surface area contributed by atoms with E-state index in [1.165, 1.54) is 17.8 Å². The average molecular weight is 375 g/mol. The molecule has 0 saturated heterocycles. The lowest BCUT2D eigenvalue weighted by molar-refractivity contribution is -0.299. The fourth-order valence-electron chi connectivity index (χ4n) is 2.20. The number of nitrogens with two attached hydrogens (primary N) is 1. The van der Waals surface area contributed by atoms with Gasteiger partial charge in [-0.2, -0.15) is 11.8 Å². The summed E-state index contributed by atoms with van der Waals surface area (Å²) in [6, 6.07) is -0.860. The first-order chi connectivity index (χ1) is 11.1. The van der Waals surface area contributed by atoms with Crippen LogP contribution >= 0.6 is 11.8 Å². The van der Waals surface area contributed by atoms with Crippen molar-refractivity contribution in [1.82, 2.24) is 11.5 Å². The first-order valence-corrected chi connectivity index (χ1v) is 9.09. The van der Waals surface area contributed by atoms with Gasteiger partial charge in [-0.05, 0) is 36.9 Å². The van der Waals surface area contributed by atoms with Crippen LogP contribution in [0.15, 0.2) is 11.8 Å². The van der Waals surface area contributed by atoms with Gasteiger partial charge in [0.1, 0.15) is 6.04 Å². The van der Waals surface area contributed by atoms with Gasteiger partial charge in [-0.1, -0.05) is 19.9 Å². The second-order valence-electron chi connectivity index (χ2n) is 6.66. The molecule has 0 radical (unpaired) electrons. The van der Waals surface area contributed by atoms with Gasteiger partial charge in [-0.3, -0.25) is 9.59 Å². The number of aliphatic carboxylic acids is 2. The Kier molecular flexibility index (Phi) is 9.76. The molecule has 0 heterocycles. The van der Waals surface area contributed by atoms with Crippen molar-refractivity contribution in [2.45, 2.75) is 45.6 Å². The molecular formula is C16H29N3O5S. The van der Waals surface area contributed by atoms with Crippen molar-refractivity contribution in [3.05, 3.63) is 11.8 Å². The van der Waals surface area contributed by atoms with Gasteiger partial charge < -0.3 is 32.2 Å². The molecule has 1 aliphatic carbocycles. The van der Waals surface area contributed by atoms with E-state index in [2.05, 4.69) is 5.32 Å². The quantitative estimate of drug-likeness (QED) is 0.300. The SMILES string of the molecule is CC1(C)CC1C(=O)N/C(=C/CCCCSCC(N)C(=O)O)C(=O)[O-].[NH4+]. The van der Waals surface area contributed by atoms with Crippen LogP contribution in [0.25, 0.3) is 0 Å². The molecule has 0 aliphatic heterocycles. The highest BCUT2D eigenvalue weighted by Crippen LogP contribution is 2.51. The van der Waals surface area contributed by atoms with Gasteiger partial charge in [0, 0.05) is 11.7 Å². The summed E-state index contributed by atoms with van der Waals surface area (Å²) < 4.78 is 0. The molecular weight excluding hydrogens is 346 g/mol. The highest BCUT2D eigenvalue weighted by molar-refractivity contribution is 7.99. The zero-order valence-electron chi connectivity index (χ0n) is 15.0. The molecule has 1 saturated carbocycles. The highest BCUT2D eigenvalue weighted by atomic mass is 32.2. The molecule has 0 aromatic carbocycles. The molecule has 8 N–H and O–H groups in total. The molecule has 9 heteroatoms. The Morgan fingerprint density at radius 2 is 2.00 bits per heavy atom. The second kappa shape index (κ2) is 10.4. The van der Waals surface area contributed by atoms with Gasteiger partial charge >= 0.3 is 5.97 Å². The highest BCUT2D eigenvalue weighted by Gasteiger charge is 2.50. The Morgan fingerprint density at radius 1 is 1.40 bits per heavy atom. The summed E-state index contributed by atoms with van der Waals surface area (Å²) in [5, 5.41) is 22.2. The van der Waals surface area contributed by atoms with Gasteiger partial charge in [0.25, 0.3) is 0 Å². The monoisotopic (exact) mass is 375 g/mol. The van der Waals surface area contributed by atoms with Crippen molar-refractivity contribution in [3.8, 4) is 0 Å². The maximum atomic E-state index is 11.9. The molecule has 1 aliphatic rings. The van der Waals surface area contributed by atoms with Crippen molar-refractivity contribution in [1.29, 1.82) is 0 Å². The number of unbranched alkanes of at least 4 members (excludes halogenated alkanes) is 2. The van der Waals surface area contributed by atoms with Gasteiger partial charge in [-0.25, -0.2) is 0 Å². The summed E-state index contributed by atoms with van der Waals surface area (Å²) in [6.07, 6.45) is 4.27. The van der Waals surface area contributed by atoms with E-state index in [-0.39, 0.29) is 29.1 Å². The molecule has 1 rings (SSSR count). The lowest BCUT2D eigenvalue weighted by Crippen LogP contribution is -2.36. The number of hydrogen-bond donors (Lipinski definition) is 4. The molecule has 144 valence electrons. The van der Waals surface area contributed by atoms with E-state index in [0.29, 0.717) is 12.2 Å². The van der Waals surface area contributed by atoms with E-state index in [1.807, 2.05) is 13.8 Å². The summed E-state index contributed by atoms with van der Waals surface area (Å²) in [7, 11) is 0. The summed E-state index contributed by atoms with van der Waals surface area (Å²) in [5.41, 5.74) is 5.15. The van der Waals surface area contributed by atoms with Crippen molar-refractivity contribution in [2.24, 2.45) is 17.1 Å². The third-order valence-electron chi connectivity index (χ3n) is 4.01. The van der Waals surface area contributed by atoms with Crippen LogP contribution in [-0.4, -0.2) is 40.5 Å². The van der Waals surface area contributed by atoms with Crippen LogP contribution in [0.5, 0.6) is 0 Å². The molecule has 0 bridgehead atoms. The van der Waals surface area contributed by atoms with Crippen molar-refractivity contribution in [2.75, 3.05) is 11.5 Å². The van der Waals surface area contributed by atoms with Crippen LogP contribution in [0.4, 0.5) is 0 Å². The number of carbonyl (C=O) groups excluding carboxylic acids is 2. The first kappa shape index (κ1) is 23.4. The minimum Gasteiger partial charge on any atom is -0.543 e. The number of carboxylic acids is 2. The lowest BCUT2D eigenvalue weighted by atomic mass is 10.1. The van der Waals surface area contributed by atoms with E-state index in [9.17, 15) is 19.5 Å². The standard InChI is InChI=1S/C16H26N2O5S.H3N/c1-16(2)8-10(16)13(19)18-12(15(22)23)6-4-3-5-7-24-9-11(17)14(20)21;/h6,10-11H,3-5,7-9,17H2,1-2H3,(H,18,19)(H,20,21)(H,22,23);1H3/b12-6+;. The largest absolute Gasteiger partial charge is 0.543 e. The molecule has 0 aromatic heterocycles. The van der Waals surface area contributed by atoms with Gasteiger partial charge in [0.15, 0.2) is 0 Å². The predicted octanol–water partition coefficient (Wildman–Crippen LogP) is 0.474. The number of quaternary nitrogens is 1. The maximum Gasteiger partial charge on any atom is 0.321 e. The van der Waals surface area contributed by atoms with Gasteiger partial charge in [0.2, 0.25) is 5.91 Å². The predicted molar refractivity (Wildman–Crippen MR) is 95.9 cm³/mol. The van der Waals surface area contributed by atoms with Crippen LogP contribution in [-0.2, 0) is 14.4 Å². The Balaban J connectivity index is 0.00000576. The van der Waals surface area contributed by atoms with Crippen LogP contribution in [0.2, 0.25) is 0 Å². The molecule has 0 aromatic rings. The lowest BCUT2D eigenvalue weighted by Gasteiger charge is -2.12. The smallest absolute Gasteiger partial charge is 0.321 e. The molecule has 0 spiro atoms. The Morgan fingerprint density at radius 3 is 2.48 bits per heavy atom. The number of allylic oxidation sites excluding steroid dienone is 1. The first-order valence-electron chi connectivity index (χ1n) is 7.93. The number of thioether (sulfide) groups is 1. The Hall–Kier alpha value is -1.58. The van der Waals surface area contributed by atoms with Crippen molar-refractivity contribution >= 4 is 29.6 Å². The second-order valence-corrected chi connectivity index (χ2v) is 7.81. The van der Waals surface area contributed by atoms with Crippen molar-refractivity contribution in [3.63, 3.8) is 0 Å². The van der Waals surface area contributed by atoms with Crippen LogP contribution < -0.4 is 22.3 Å². The van der Waals surface area contributed by atoms with E-state index >= 15 is 0 Å². The minimum atomic E-state index is -1.39. The average Bonchev–Trinajstić information content (AvgIpc) is 3.13. The fraction of sp³-hybridized carbons (Fsp3) is 0.688. The van der Waals surface area contributed by atoms with Gasteiger partial charge in [0.05, 0.1) is 11.7 Å². The molecule has 8 nitrogen and oxygen atoms in total. The Bertz CT molecular complexity index is 522. The fourth-order valence-corrected chi connectivity index (χ4v) is 3.17. The number of carboxylic acid groups (broad SMARTS) is 2. The maximum absolute atomic E-state index is 11.9. The number of rotatable bonds is 11. The van der Waals surface area contributed by atoms with Crippen molar-refractivity contribution < 1.29 is 24.6 Å². The molecule has 1 amide bonds. The van der Waals surface area contributed by atoms with E-state index in [4.69, 9.17) is 10.8 Å². The van der Waals surface area contributed by atoms with Gasteiger partial charge in [-0.15, -0.1) is 0 Å². The van der Waals surface area contributed by atoms with Crippen LogP contribution in [0, 0.1) is 11.3 Å². The number of carbonyl (C=O) groups is 3. The summed E-state index contributed by atoms with van der Waals surface area (Å²) in [4.78, 5) is 33.5. The van der Waals surface area contributed by atoms with Crippen LogP contribution in [0.1, 0.15) is 39.5 Å². The van der Waals surface area contributed by atoms with Crippen LogP contribution in [0.3, 0.4) is 0 Å². The number of amides is 1. The normalized spacial score (nSPS) is 19.5. The third-order valence-corrected chi connectivity index (χ3v) is 5.19.